The van der Waals surface area contributed by atoms with Gasteiger partial charge in [0.1, 0.15) is 0 Å². The van der Waals surface area contributed by atoms with Crippen molar-refractivity contribution in [3.63, 3.8) is 0 Å². The Morgan fingerprint density at radius 3 is 2.68 bits per heavy atom. The molecule has 1 unspecified atom stereocenters. The third-order valence-electron chi connectivity index (χ3n) is 4.28. The van der Waals surface area contributed by atoms with Crippen LogP contribution < -0.4 is 5.32 Å². The van der Waals surface area contributed by atoms with Gasteiger partial charge >= 0.3 is 0 Å². The van der Waals surface area contributed by atoms with Crippen molar-refractivity contribution >= 4 is 23.4 Å². The number of hydrogen-bond donors (Lipinski definition) is 1. The zero-order valence-corrected chi connectivity index (χ0v) is 13.5. The van der Waals surface area contributed by atoms with Crippen LogP contribution >= 0.6 is 23.4 Å². The summed E-state index contributed by atoms with van der Waals surface area (Å²) in [6, 6.07) is 8.54. The first-order valence-corrected chi connectivity index (χ1v) is 8.79. The van der Waals surface area contributed by atoms with Crippen molar-refractivity contribution < 1.29 is 0 Å². The Morgan fingerprint density at radius 1 is 1.32 bits per heavy atom. The summed E-state index contributed by atoms with van der Waals surface area (Å²) in [4.78, 5) is 0. The first-order valence-electron chi connectivity index (χ1n) is 7.19. The summed E-state index contributed by atoms with van der Waals surface area (Å²) in [6.45, 7) is 3.32. The van der Waals surface area contributed by atoms with E-state index in [-0.39, 0.29) is 0 Å². The van der Waals surface area contributed by atoms with Gasteiger partial charge < -0.3 is 5.32 Å². The standard InChI is InChI=1S/C16H24ClNS/c1-13(14-7-6-8-15(17)11-14)18-12-16(19-2)9-4-3-5-10-16/h6-8,11,13,18H,3-5,9-10,12H2,1-2H3. The fourth-order valence-electron chi connectivity index (χ4n) is 2.88. The summed E-state index contributed by atoms with van der Waals surface area (Å²) in [5.74, 6) is 0. The highest BCUT2D eigenvalue weighted by Gasteiger charge is 2.31. The van der Waals surface area contributed by atoms with E-state index in [0.717, 1.165) is 11.6 Å². The minimum atomic E-state index is 0.365. The Labute approximate surface area is 126 Å². The first kappa shape index (κ1) is 15.2. The normalized spacial score (nSPS) is 20.2. The van der Waals surface area contributed by atoms with Crippen LogP contribution in [0.1, 0.15) is 50.6 Å². The van der Waals surface area contributed by atoms with Crippen molar-refractivity contribution in [2.24, 2.45) is 0 Å². The number of thioether (sulfide) groups is 1. The summed E-state index contributed by atoms with van der Waals surface area (Å²) in [6.07, 6.45) is 9.14. The van der Waals surface area contributed by atoms with E-state index in [1.54, 1.807) is 0 Å². The summed E-state index contributed by atoms with van der Waals surface area (Å²) in [7, 11) is 0. The zero-order chi connectivity index (χ0) is 13.7. The number of benzene rings is 1. The van der Waals surface area contributed by atoms with Gasteiger partial charge in [0.25, 0.3) is 0 Å². The van der Waals surface area contributed by atoms with Gasteiger partial charge in [-0.05, 0) is 43.7 Å². The average molecular weight is 298 g/mol. The van der Waals surface area contributed by atoms with Gasteiger partial charge in [0.15, 0.2) is 0 Å². The Morgan fingerprint density at radius 2 is 2.05 bits per heavy atom. The molecule has 19 heavy (non-hydrogen) atoms. The Balaban J connectivity index is 1.93. The maximum absolute atomic E-state index is 6.06. The van der Waals surface area contributed by atoms with Crippen LogP contribution in [0.15, 0.2) is 24.3 Å². The van der Waals surface area contributed by atoms with Crippen LogP contribution in [-0.2, 0) is 0 Å². The molecule has 2 rings (SSSR count). The molecule has 1 N–H and O–H groups in total. The smallest absolute Gasteiger partial charge is 0.0409 e. The fraction of sp³-hybridized carbons (Fsp3) is 0.625. The quantitative estimate of drug-likeness (QED) is 0.815. The lowest BCUT2D eigenvalue weighted by Gasteiger charge is -2.37. The molecule has 1 atom stereocenters. The average Bonchev–Trinajstić information content (AvgIpc) is 2.46. The summed E-state index contributed by atoms with van der Waals surface area (Å²) < 4.78 is 0.449. The summed E-state index contributed by atoms with van der Waals surface area (Å²) in [5.41, 5.74) is 1.28. The molecule has 1 aromatic rings. The lowest BCUT2D eigenvalue weighted by molar-refractivity contribution is 0.367. The Bertz CT molecular complexity index is 401. The van der Waals surface area contributed by atoms with Crippen molar-refractivity contribution in [3.8, 4) is 0 Å². The lowest BCUT2D eigenvalue weighted by atomic mass is 9.88. The molecule has 0 radical (unpaired) electrons. The molecule has 1 aromatic carbocycles. The number of rotatable bonds is 5. The van der Waals surface area contributed by atoms with Gasteiger partial charge in [-0.15, -0.1) is 0 Å². The molecule has 106 valence electrons. The van der Waals surface area contributed by atoms with E-state index in [1.807, 2.05) is 23.9 Å². The molecular formula is C16H24ClNS. The van der Waals surface area contributed by atoms with Crippen molar-refractivity contribution in [1.29, 1.82) is 0 Å². The van der Waals surface area contributed by atoms with Crippen LogP contribution in [0.2, 0.25) is 5.02 Å². The highest BCUT2D eigenvalue weighted by molar-refractivity contribution is 8.00. The maximum Gasteiger partial charge on any atom is 0.0409 e. The van der Waals surface area contributed by atoms with Crippen molar-refractivity contribution in [3.05, 3.63) is 34.9 Å². The van der Waals surface area contributed by atoms with Crippen LogP contribution in [0.5, 0.6) is 0 Å². The highest BCUT2D eigenvalue weighted by atomic mass is 35.5. The molecule has 1 aliphatic rings. The van der Waals surface area contributed by atoms with Crippen LogP contribution in [0.4, 0.5) is 0 Å². The van der Waals surface area contributed by atoms with E-state index < -0.39 is 0 Å². The first-order chi connectivity index (χ1) is 9.15. The largest absolute Gasteiger partial charge is 0.309 e. The Kier molecular flexibility index (Phi) is 5.61. The van der Waals surface area contributed by atoms with Crippen molar-refractivity contribution in [1.82, 2.24) is 5.32 Å². The molecule has 0 bridgehead atoms. The summed E-state index contributed by atoms with van der Waals surface area (Å²) >= 11 is 8.11. The maximum atomic E-state index is 6.06. The molecule has 0 spiro atoms. The summed E-state index contributed by atoms with van der Waals surface area (Å²) in [5, 5.41) is 4.53. The van der Waals surface area contributed by atoms with Gasteiger partial charge in [-0.3, -0.25) is 0 Å². The van der Waals surface area contributed by atoms with Gasteiger partial charge in [-0.25, -0.2) is 0 Å². The van der Waals surface area contributed by atoms with Gasteiger partial charge in [0.2, 0.25) is 0 Å². The fourth-order valence-corrected chi connectivity index (χ4v) is 4.01. The van der Waals surface area contributed by atoms with E-state index in [9.17, 15) is 0 Å². The second kappa shape index (κ2) is 7.01. The van der Waals surface area contributed by atoms with E-state index in [1.165, 1.54) is 37.7 Å². The van der Waals surface area contributed by atoms with Crippen LogP contribution in [0, 0.1) is 0 Å². The molecule has 0 aromatic heterocycles. The van der Waals surface area contributed by atoms with Crippen LogP contribution in [0.25, 0.3) is 0 Å². The molecule has 0 aliphatic heterocycles. The SMILES string of the molecule is CSC1(CNC(C)c2cccc(Cl)c2)CCCCC1. The molecule has 1 saturated carbocycles. The second-order valence-electron chi connectivity index (χ2n) is 5.61. The molecule has 0 heterocycles. The van der Waals surface area contributed by atoms with Crippen LogP contribution in [0.3, 0.4) is 0 Å². The lowest BCUT2D eigenvalue weighted by Crippen LogP contribution is -2.40. The van der Waals surface area contributed by atoms with E-state index in [4.69, 9.17) is 11.6 Å². The molecule has 0 saturated heterocycles. The Hall–Kier alpha value is -0.180. The topological polar surface area (TPSA) is 12.0 Å². The molecule has 1 fully saturated rings. The minimum absolute atomic E-state index is 0.365. The molecule has 1 nitrogen and oxygen atoms in total. The second-order valence-corrected chi connectivity index (χ2v) is 7.32. The third kappa shape index (κ3) is 4.14. The predicted octanol–water partition coefficient (Wildman–Crippen LogP) is 5.06. The highest BCUT2D eigenvalue weighted by Crippen LogP contribution is 2.38. The van der Waals surface area contributed by atoms with E-state index in [0.29, 0.717) is 10.8 Å². The number of nitrogens with one attached hydrogen (secondary N) is 1. The monoisotopic (exact) mass is 297 g/mol. The van der Waals surface area contributed by atoms with Gasteiger partial charge in [0.05, 0.1) is 0 Å². The predicted molar refractivity (Wildman–Crippen MR) is 87.2 cm³/mol. The number of hydrogen-bond acceptors (Lipinski definition) is 2. The van der Waals surface area contributed by atoms with Gasteiger partial charge in [-0.1, -0.05) is 43.0 Å². The molecule has 1 aliphatic carbocycles. The van der Waals surface area contributed by atoms with Gasteiger partial charge in [0, 0.05) is 22.4 Å². The molecule has 3 heteroatoms. The van der Waals surface area contributed by atoms with Crippen molar-refractivity contribution in [2.45, 2.75) is 49.8 Å². The molecular weight excluding hydrogens is 274 g/mol. The molecule has 0 amide bonds. The van der Waals surface area contributed by atoms with Gasteiger partial charge in [-0.2, -0.15) is 11.8 Å². The zero-order valence-electron chi connectivity index (χ0n) is 11.9. The minimum Gasteiger partial charge on any atom is -0.309 e. The third-order valence-corrected chi connectivity index (χ3v) is 5.93. The van der Waals surface area contributed by atoms with E-state index >= 15 is 0 Å². The van der Waals surface area contributed by atoms with Crippen molar-refractivity contribution in [2.75, 3.05) is 12.8 Å². The number of halogens is 1. The van der Waals surface area contributed by atoms with E-state index in [2.05, 4.69) is 30.6 Å². The van der Waals surface area contributed by atoms with Crippen LogP contribution in [-0.4, -0.2) is 17.5 Å².